The van der Waals surface area contributed by atoms with Gasteiger partial charge in [0.1, 0.15) is 18.2 Å². The van der Waals surface area contributed by atoms with E-state index in [1.165, 1.54) is 12.1 Å². The molecule has 0 heterocycles. The number of benzene rings is 3. The lowest BCUT2D eigenvalue weighted by molar-refractivity contribution is 0.305. The Labute approximate surface area is 162 Å². The van der Waals surface area contributed by atoms with E-state index >= 15 is 0 Å². The molecule has 26 heavy (non-hydrogen) atoms. The average molecular weight is 390 g/mol. The van der Waals surface area contributed by atoms with Gasteiger partial charge in [0, 0.05) is 17.3 Å². The number of aryl methyl sites for hydroxylation is 1. The number of hydrogen-bond acceptors (Lipinski definition) is 2. The van der Waals surface area contributed by atoms with Crippen molar-refractivity contribution >= 4 is 28.9 Å². The van der Waals surface area contributed by atoms with E-state index in [1.54, 1.807) is 6.07 Å². The zero-order chi connectivity index (χ0) is 18.5. The van der Waals surface area contributed by atoms with Crippen LogP contribution < -0.4 is 10.1 Å². The summed E-state index contributed by atoms with van der Waals surface area (Å²) in [6, 6.07) is 17.7. The van der Waals surface area contributed by atoms with Gasteiger partial charge >= 0.3 is 0 Å². The van der Waals surface area contributed by atoms with E-state index in [9.17, 15) is 4.39 Å². The SMILES string of the molecule is Cc1ccc(Cl)cc1NCc1ccc(OCc2cccc(F)c2)c(Cl)c1. The highest BCUT2D eigenvalue weighted by Gasteiger charge is 2.06. The van der Waals surface area contributed by atoms with E-state index in [-0.39, 0.29) is 12.4 Å². The van der Waals surface area contributed by atoms with Gasteiger partial charge in [-0.2, -0.15) is 0 Å². The minimum atomic E-state index is -0.282. The molecule has 0 aromatic heterocycles. The average Bonchev–Trinajstić information content (AvgIpc) is 2.62. The fourth-order valence-corrected chi connectivity index (χ4v) is 2.97. The van der Waals surface area contributed by atoms with Crippen molar-refractivity contribution in [2.45, 2.75) is 20.1 Å². The molecule has 0 aliphatic carbocycles. The maximum absolute atomic E-state index is 13.2. The second kappa shape index (κ2) is 8.43. The fourth-order valence-electron chi connectivity index (χ4n) is 2.54. The third kappa shape index (κ3) is 4.90. The largest absolute Gasteiger partial charge is 0.487 e. The second-order valence-electron chi connectivity index (χ2n) is 6.00. The summed E-state index contributed by atoms with van der Waals surface area (Å²) in [6.45, 7) is 2.90. The molecule has 0 bridgehead atoms. The molecule has 2 nitrogen and oxygen atoms in total. The standard InChI is InChI=1S/C21H18Cl2FNO/c1-14-5-7-17(22)11-20(14)25-12-15-6-8-21(19(23)10-15)26-13-16-3-2-4-18(24)9-16/h2-11,25H,12-13H2,1H3. The molecule has 0 amide bonds. The molecule has 134 valence electrons. The lowest BCUT2D eigenvalue weighted by Crippen LogP contribution is -2.02. The quantitative estimate of drug-likeness (QED) is 0.510. The summed E-state index contributed by atoms with van der Waals surface area (Å²) < 4.78 is 18.9. The number of rotatable bonds is 6. The maximum Gasteiger partial charge on any atom is 0.138 e. The van der Waals surface area contributed by atoms with Gasteiger partial charge in [-0.25, -0.2) is 4.39 Å². The summed E-state index contributed by atoms with van der Waals surface area (Å²) in [5.74, 6) is 0.286. The van der Waals surface area contributed by atoms with Gasteiger partial charge in [0.15, 0.2) is 0 Å². The highest BCUT2D eigenvalue weighted by molar-refractivity contribution is 6.32. The van der Waals surface area contributed by atoms with E-state index < -0.39 is 0 Å². The molecule has 0 fully saturated rings. The van der Waals surface area contributed by atoms with E-state index in [1.807, 2.05) is 49.4 Å². The first-order valence-corrected chi connectivity index (χ1v) is 8.92. The molecule has 0 aliphatic heterocycles. The predicted molar refractivity (Wildman–Crippen MR) is 106 cm³/mol. The van der Waals surface area contributed by atoms with Gasteiger partial charge in [-0.1, -0.05) is 47.5 Å². The van der Waals surface area contributed by atoms with Gasteiger partial charge in [-0.05, 0) is 60.0 Å². The van der Waals surface area contributed by atoms with Crippen molar-refractivity contribution in [3.8, 4) is 5.75 Å². The van der Waals surface area contributed by atoms with Gasteiger partial charge in [-0.15, -0.1) is 0 Å². The predicted octanol–water partition coefficient (Wildman–Crippen LogP) is 6.63. The zero-order valence-electron chi connectivity index (χ0n) is 14.2. The van der Waals surface area contributed by atoms with Crippen LogP contribution in [0.3, 0.4) is 0 Å². The van der Waals surface area contributed by atoms with Crippen molar-refractivity contribution in [2.24, 2.45) is 0 Å². The smallest absolute Gasteiger partial charge is 0.138 e. The van der Waals surface area contributed by atoms with Crippen LogP contribution in [0.2, 0.25) is 10.0 Å². The third-order valence-electron chi connectivity index (χ3n) is 3.96. The number of ether oxygens (including phenoxy) is 1. The number of hydrogen-bond donors (Lipinski definition) is 1. The molecule has 0 atom stereocenters. The lowest BCUT2D eigenvalue weighted by Gasteiger charge is -2.12. The fraction of sp³-hybridized carbons (Fsp3) is 0.143. The van der Waals surface area contributed by atoms with Gasteiger partial charge in [0.25, 0.3) is 0 Å². The summed E-state index contributed by atoms with van der Waals surface area (Å²) >= 11 is 12.4. The first-order chi connectivity index (χ1) is 12.5. The van der Waals surface area contributed by atoms with Crippen LogP contribution in [0.15, 0.2) is 60.7 Å². The third-order valence-corrected chi connectivity index (χ3v) is 4.49. The monoisotopic (exact) mass is 389 g/mol. The minimum absolute atomic E-state index is 0.261. The number of halogens is 3. The molecule has 0 spiro atoms. The molecule has 3 aromatic rings. The van der Waals surface area contributed by atoms with E-state index in [0.29, 0.717) is 22.3 Å². The summed E-state index contributed by atoms with van der Waals surface area (Å²) in [6.07, 6.45) is 0. The number of nitrogens with one attached hydrogen (secondary N) is 1. The number of anilines is 1. The van der Waals surface area contributed by atoms with Crippen molar-refractivity contribution in [1.82, 2.24) is 0 Å². The first-order valence-electron chi connectivity index (χ1n) is 8.17. The maximum atomic E-state index is 13.2. The summed E-state index contributed by atoms with van der Waals surface area (Å²) in [5.41, 5.74) is 3.88. The molecule has 3 aromatic carbocycles. The van der Waals surface area contributed by atoms with Crippen molar-refractivity contribution in [2.75, 3.05) is 5.32 Å². The Morgan fingerprint density at radius 1 is 0.962 bits per heavy atom. The first kappa shape index (κ1) is 18.6. The lowest BCUT2D eigenvalue weighted by atomic mass is 10.1. The Bertz CT molecular complexity index is 914. The Kier molecular flexibility index (Phi) is 6.02. The molecule has 0 saturated carbocycles. The summed E-state index contributed by atoms with van der Waals surface area (Å²) in [7, 11) is 0. The van der Waals surface area contributed by atoms with Crippen molar-refractivity contribution in [1.29, 1.82) is 0 Å². The van der Waals surface area contributed by atoms with Crippen LogP contribution >= 0.6 is 23.2 Å². The van der Waals surface area contributed by atoms with Gasteiger partial charge in [0.2, 0.25) is 0 Å². The van der Waals surface area contributed by atoms with Gasteiger partial charge < -0.3 is 10.1 Å². The molecule has 5 heteroatoms. The van der Waals surface area contributed by atoms with Crippen LogP contribution in [0.25, 0.3) is 0 Å². The Hall–Kier alpha value is -2.23. The highest BCUT2D eigenvalue weighted by Crippen LogP contribution is 2.27. The Morgan fingerprint density at radius 3 is 2.58 bits per heavy atom. The molecule has 3 rings (SSSR count). The molecule has 1 N–H and O–H groups in total. The molecular weight excluding hydrogens is 372 g/mol. The molecule has 0 aliphatic rings. The van der Waals surface area contributed by atoms with E-state index in [4.69, 9.17) is 27.9 Å². The van der Waals surface area contributed by atoms with E-state index in [2.05, 4.69) is 5.32 Å². The topological polar surface area (TPSA) is 21.3 Å². The van der Waals surface area contributed by atoms with Crippen molar-refractivity contribution in [3.63, 3.8) is 0 Å². The van der Waals surface area contributed by atoms with Crippen LogP contribution in [0.5, 0.6) is 5.75 Å². The summed E-state index contributed by atoms with van der Waals surface area (Å²) in [5, 5.41) is 4.56. The Morgan fingerprint density at radius 2 is 1.81 bits per heavy atom. The highest BCUT2D eigenvalue weighted by atomic mass is 35.5. The van der Waals surface area contributed by atoms with Crippen LogP contribution in [0, 0.1) is 12.7 Å². The van der Waals surface area contributed by atoms with Crippen LogP contribution in [-0.2, 0) is 13.2 Å². The Balaban J connectivity index is 1.62. The molecule has 0 radical (unpaired) electrons. The van der Waals surface area contributed by atoms with Crippen LogP contribution in [0.4, 0.5) is 10.1 Å². The van der Waals surface area contributed by atoms with Crippen LogP contribution in [-0.4, -0.2) is 0 Å². The van der Waals surface area contributed by atoms with E-state index in [0.717, 1.165) is 22.4 Å². The zero-order valence-corrected chi connectivity index (χ0v) is 15.7. The van der Waals surface area contributed by atoms with Gasteiger partial charge in [0.05, 0.1) is 5.02 Å². The van der Waals surface area contributed by atoms with Crippen molar-refractivity contribution < 1.29 is 9.13 Å². The normalized spacial score (nSPS) is 10.6. The second-order valence-corrected chi connectivity index (χ2v) is 6.84. The minimum Gasteiger partial charge on any atom is -0.487 e. The molecule has 0 saturated heterocycles. The van der Waals surface area contributed by atoms with Crippen molar-refractivity contribution in [3.05, 3.63) is 93.2 Å². The molecule has 0 unspecified atom stereocenters. The van der Waals surface area contributed by atoms with Gasteiger partial charge in [-0.3, -0.25) is 0 Å². The van der Waals surface area contributed by atoms with Crippen LogP contribution in [0.1, 0.15) is 16.7 Å². The molecular formula is C21H18Cl2FNO. The summed E-state index contributed by atoms with van der Waals surface area (Å²) in [4.78, 5) is 0.